The molecule has 0 atom stereocenters. The molecule has 0 aromatic heterocycles. The Morgan fingerprint density at radius 1 is 0.774 bits per heavy atom. The predicted molar refractivity (Wildman–Crippen MR) is 120 cm³/mol. The lowest BCUT2D eigenvalue weighted by molar-refractivity contribution is 0.273. The van der Waals surface area contributed by atoms with E-state index in [1.165, 1.54) is 21.8 Å². The third-order valence-corrected chi connectivity index (χ3v) is 9.37. The Hall–Kier alpha value is -1.94. The van der Waals surface area contributed by atoms with Crippen LogP contribution in [0, 0.1) is 6.92 Å². The van der Waals surface area contributed by atoms with Crippen molar-refractivity contribution in [3.63, 3.8) is 0 Å². The lowest BCUT2D eigenvalue weighted by Gasteiger charge is -2.33. The highest BCUT2D eigenvalue weighted by atomic mass is 32.2. The molecule has 2 aromatic rings. The Balaban J connectivity index is 1.74. The van der Waals surface area contributed by atoms with Crippen molar-refractivity contribution < 1.29 is 21.6 Å². The van der Waals surface area contributed by atoms with E-state index in [9.17, 15) is 16.8 Å². The van der Waals surface area contributed by atoms with Crippen LogP contribution >= 0.6 is 0 Å². The number of hydrogen-bond acceptors (Lipinski definition) is 5. The summed E-state index contributed by atoms with van der Waals surface area (Å²) in [6.07, 6.45) is 0. The highest BCUT2D eigenvalue weighted by molar-refractivity contribution is 7.89. The molecule has 1 fully saturated rings. The number of benzene rings is 2. The molecular formula is C22H30N2O5S2. The maximum Gasteiger partial charge on any atom is 0.243 e. The fraction of sp³-hybridized carbons (Fsp3) is 0.455. The van der Waals surface area contributed by atoms with Crippen molar-refractivity contribution in [1.82, 2.24) is 8.61 Å². The summed E-state index contributed by atoms with van der Waals surface area (Å²) in [7, 11) is -5.85. The summed E-state index contributed by atoms with van der Waals surface area (Å²) >= 11 is 0. The molecule has 7 nitrogen and oxygen atoms in total. The number of rotatable bonds is 5. The normalized spacial score (nSPS) is 16.9. The molecular weight excluding hydrogens is 436 g/mol. The lowest BCUT2D eigenvalue weighted by Crippen LogP contribution is -2.50. The number of piperazine rings is 1. The first kappa shape index (κ1) is 23.7. The Morgan fingerprint density at radius 2 is 1.23 bits per heavy atom. The Bertz CT molecular complexity index is 1140. The molecule has 3 rings (SSSR count). The van der Waals surface area contributed by atoms with E-state index < -0.39 is 20.0 Å². The highest BCUT2D eigenvalue weighted by Gasteiger charge is 2.34. The van der Waals surface area contributed by atoms with Crippen LogP contribution in [0.1, 0.15) is 31.9 Å². The number of nitrogens with zero attached hydrogens (tertiary/aromatic N) is 2. The van der Waals surface area contributed by atoms with Crippen LogP contribution in [-0.2, 0) is 25.5 Å². The second-order valence-corrected chi connectivity index (χ2v) is 12.6. The maximum atomic E-state index is 13.0. The zero-order chi connectivity index (χ0) is 23.0. The fourth-order valence-electron chi connectivity index (χ4n) is 3.59. The average molecular weight is 467 g/mol. The summed E-state index contributed by atoms with van der Waals surface area (Å²) in [6.45, 7) is 8.42. The van der Waals surface area contributed by atoms with Crippen LogP contribution in [0.5, 0.6) is 5.75 Å². The highest BCUT2D eigenvalue weighted by Crippen LogP contribution is 2.27. The molecule has 0 spiro atoms. The summed E-state index contributed by atoms with van der Waals surface area (Å²) < 4.78 is 60.0. The molecule has 170 valence electrons. The number of aryl methyl sites for hydroxylation is 1. The van der Waals surface area contributed by atoms with Crippen LogP contribution in [0.4, 0.5) is 0 Å². The fourth-order valence-corrected chi connectivity index (χ4v) is 6.52. The summed E-state index contributed by atoms with van der Waals surface area (Å²) in [5.74, 6) is 0.618. The molecule has 1 heterocycles. The number of sulfonamides is 2. The van der Waals surface area contributed by atoms with Gasteiger partial charge < -0.3 is 4.74 Å². The zero-order valence-electron chi connectivity index (χ0n) is 18.6. The molecule has 0 radical (unpaired) electrons. The van der Waals surface area contributed by atoms with Crippen molar-refractivity contribution in [3.8, 4) is 5.75 Å². The van der Waals surface area contributed by atoms with Crippen LogP contribution in [0.15, 0.2) is 52.3 Å². The Morgan fingerprint density at radius 3 is 1.65 bits per heavy atom. The monoisotopic (exact) mass is 466 g/mol. The van der Waals surface area contributed by atoms with E-state index >= 15 is 0 Å². The van der Waals surface area contributed by atoms with Gasteiger partial charge in [0.1, 0.15) is 5.75 Å². The molecule has 1 saturated heterocycles. The van der Waals surface area contributed by atoms with Gasteiger partial charge in [-0.1, -0.05) is 32.9 Å². The van der Waals surface area contributed by atoms with Gasteiger partial charge in [-0.3, -0.25) is 0 Å². The molecule has 31 heavy (non-hydrogen) atoms. The summed E-state index contributed by atoms with van der Waals surface area (Å²) in [5, 5.41) is 0. The standard InChI is InChI=1S/C22H30N2O5S2/c1-17-16-20(10-11-21(17)29-5)31(27,28)24-14-12-23(13-15-24)30(25,26)19-8-6-18(7-9-19)22(2,3)4/h6-11,16H,12-15H2,1-5H3. The van der Waals surface area contributed by atoms with E-state index in [-0.39, 0.29) is 41.4 Å². The van der Waals surface area contributed by atoms with Crippen molar-refractivity contribution in [2.75, 3.05) is 33.3 Å². The molecule has 9 heteroatoms. The number of ether oxygens (including phenoxy) is 1. The molecule has 0 unspecified atom stereocenters. The van der Waals surface area contributed by atoms with Gasteiger partial charge in [0.2, 0.25) is 20.0 Å². The minimum absolute atomic E-state index is 0.0674. The van der Waals surface area contributed by atoms with Crippen molar-refractivity contribution in [2.45, 2.75) is 42.9 Å². The quantitative estimate of drug-likeness (QED) is 0.676. The van der Waals surface area contributed by atoms with Gasteiger partial charge in [0.05, 0.1) is 16.9 Å². The van der Waals surface area contributed by atoms with E-state index in [1.54, 1.807) is 31.2 Å². The predicted octanol–water partition coefficient (Wildman–Crippen LogP) is 3.00. The van der Waals surface area contributed by atoms with Gasteiger partial charge in [0.25, 0.3) is 0 Å². The summed E-state index contributed by atoms with van der Waals surface area (Å²) in [5.41, 5.74) is 1.71. The maximum absolute atomic E-state index is 13.0. The van der Waals surface area contributed by atoms with Gasteiger partial charge in [-0.15, -0.1) is 0 Å². The summed E-state index contributed by atoms with van der Waals surface area (Å²) in [4.78, 5) is 0.405. The molecule has 0 N–H and O–H groups in total. The smallest absolute Gasteiger partial charge is 0.243 e. The van der Waals surface area contributed by atoms with Crippen molar-refractivity contribution in [3.05, 3.63) is 53.6 Å². The Labute approximate surface area is 185 Å². The first-order valence-electron chi connectivity index (χ1n) is 10.1. The molecule has 1 aliphatic heterocycles. The van der Waals surface area contributed by atoms with Crippen LogP contribution in [0.3, 0.4) is 0 Å². The van der Waals surface area contributed by atoms with Gasteiger partial charge in [-0.2, -0.15) is 8.61 Å². The van der Waals surface area contributed by atoms with Crippen LogP contribution < -0.4 is 4.74 Å². The van der Waals surface area contributed by atoms with E-state index in [4.69, 9.17) is 4.74 Å². The van der Waals surface area contributed by atoms with E-state index in [0.717, 1.165) is 11.1 Å². The van der Waals surface area contributed by atoms with Gasteiger partial charge in [0, 0.05) is 26.2 Å². The topological polar surface area (TPSA) is 84.0 Å². The molecule has 2 aromatic carbocycles. The minimum Gasteiger partial charge on any atom is -0.496 e. The lowest BCUT2D eigenvalue weighted by atomic mass is 9.87. The molecule has 1 aliphatic rings. The first-order valence-corrected chi connectivity index (χ1v) is 13.0. The van der Waals surface area contributed by atoms with E-state index in [0.29, 0.717) is 5.75 Å². The largest absolute Gasteiger partial charge is 0.496 e. The van der Waals surface area contributed by atoms with E-state index in [1.807, 2.05) is 12.1 Å². The van der Waals surface area contributed by atoms with Crippen LogP contribution in [-0.4, -0.2) is 58.7 Å². The second kappa shape index (κ2) is 8.54. The zero-order valence-corrected chi connectivity index (χ0v) is 20.3. The SMILES string of the molecule is COc1ccc(S(=O)(=O)N2CCN(S(=O)(=O)c3ccc(C(C)(C)C)cc3)CC2)cc1C. The molecule has 0 saturated carbocycles. The van der Waals surface area contributed by atoms with Gasteiger partial charge in [-0.05, 0) is 53.8 Å². The van der Waals surface area contributed by atoms with Gasteiger partial charge >= 0.3 is 0 Å². The van der Waals surface area contributed by atoms with Crippen molar-refractivity contribution in [2.24, 2.45) is 0 Å². The first-order chi connectivity index (χ1) is 14.4. The summed E-state index contributed by atoms with van der Waals surface area (Å²) in [6, 6.07) is 11.6. The number of methoxy groups -OCH3 is 1. The molecule has 0 aliphatic carbocycles. The molecule has 0 amide bonds. The minimum atomic E-state index is -3.71. The molecule has 0 bridgehead atoms. The third kappa shape index (κ3) is 4.79. The van der Waals surface area contributed by atoms with Crippen LogP contribution in [0.25, 0.3) is 0 Å². The van der Waals surface area contributed by atoms with Gasteiger partial charge in [0.15, 0.2) is 0 Å². The second-order valence-electron chi connectivity index (χ2n) is 8.71. The van der Waals surface area contributed by atoms with Crippen LogP contribution in [0.2, 0.25) is 0 Å². The van der Waals surface area contributed by atoms with Crippen molar-refractivity contribution in [1.29, 1.82) is 0 Å². The van der Waals surface area contributed by atoms with E-state index in [2.05, 4.69) is 20.8 Å². The number of hydrogen-bond donors (Lipinski definition) is 0. The average Bonchev–Trinajstić information content (AvgIpc) is 2.73. The van der Waals surface area contributed by atoms with Crippen molar-refractivity contribution >= 4 is 20.0 Å². The van der Waals surface area contributed by atoms with Gasteiger partial charge in [-0.25, -0.2) is 16.8 Å². The Kier molecular flexibility index (Phi) is 6.53. The third-order valence-electron chi connectivity index (χ3n) is 5.56.